The van der Waals surface area contributed by atoms with E-state index in [1.165, 1.54) is 0 Å². The van der Waals surface area contributed by atoms with Crippen molar-refractivity contribution in [2.24, 2.45) is 0 Å². The SMILES string of the molecule is Nc1ccc(CC2CN(CC(=O)O)CCN(CC(=O)O)CCN(CC(=O)O)CCN2CC(=O)O)cc1.[177Lu]. The Balaban J connectivity index is 0.00000684. The Bertz CT molecular complexity index is 904. The molecule has 0 spiro atoms. The van der Waals surface area contributed by atoms with Crippen LogP contribution in [0.3, 0.4) is 0 Å². The molecule has 0 saturated carbocycles. The van der Waals surface area contributed by atoms with E-state index in [-0.39, 0.29) is 109 Å². The number of anilines is 1. The van der Waals surface area contributed by atoms with Gasteiger partial charge >= 0.3 is 23.9 Å². The van der Waals surface area contributed by atoms with Crippen LogP contribution >= 0.6 is 0 Å². The van der Waals surface area contributed by atoms with Gasteiger partial charge in [-0.05, 0) is 24.1 Å². The first kappa shape index (κ1) is 33.0. The maximum absolute atomic E-state index is 11.7. The van der Waals surface area contributed by atoms with E-state index >= 15 is 0 Å². The summed E-state index contributed by atoms with van der Waals surface area (Å²) >= 11 is 0. The molecule has 1 aliphatic heterocycles. The van der Waals surface area contributed by atoms with Gasteiger partial charge < -0.3 is 26.2 Å². The molecule has 1 saturated heterocycles. The molecule has 0 amide bonds. The third kappa shape index (κ3) is 13.4. The summed E-state index contributed by atoms with van der Waals surface area (Å²) in [7, 11) is 0. The van der Waals surface area contributed by atoms with Gasteiger partial charge in [0, 0.05) is 94.4 Å². The normalized spacial score (nSPS) is 19.2. The number of rotatable bonds is 10. The number of nitrogens with zero attached hydrogens (tertiary/aromatic N) is 4. The third-order valence-electron chi connectivity index (χ3n) is 6.02. The first-order chi connectivity index (χ1) is 17.0. The molecule has 0 bridgehead atoms. The topological polar surface area (TPSA) is 188 Å². The first-order valence-electron chi connectivity index (χ1n) is 11.6. The largest absolute Gasteiger partial charge is 0.480 e. The fourth-order valence-corrected chi connectivity index (χ4v) is 4.28. The van der Waals surface area contributed by atoms with E-state index < -0.39 is 29.9 Å². The summed E-state index contributed by atoms with van der Waals surface area (Å²) in [5.41, 5.74) is 7.26. The fourth-order valence-electron chi connectivity index (χ4n) is 4.28. The summed E-state index contributed by atoms with van der Waals surface area (Å²) in [6, 6.07) is 6.73. The van der Waals surface area contributed by atoms with Gasteiger partial charge in [-0.3, -0.25) is 38.8 Å². The van der Waals surface area contributed by atoms with Crippen molar-refractivity contribution in [3.8, 4) is 0 Å². The van der Waals surface area contributed by atoms with Crippen LogP contribution in [-0.2, 0) is 25.6 Å². The molecule has 1 unspecified atom stereocenters. The second kappa shape index (κ2) is 16.7. The summed E-state index contributed by atoms with van der Waals surface area (Å²) in [5.74, 6) is -4.17. The average molecular weight is 687 g/mol. The van der Waals surface area contributed by atoms with Crippen molar-refractivity contribution in [1.82, 2.24) is 19.6 Å². The van der Waals surface area contributed by atoms with Gasteiger partial charge in [-0.1, -0.05) is 12.1 Å². The molecule has 0 aromatic heterocycles. The zero-order valence-corrected chi connectivity index (χ0v) is 22.1. The summed E-state index contributed by atoms with van der Waals surface area (Å²) in [5, 5.41) is 37.7. The van der Waals surface area contributed by atoms with Crippen molar-refractivity contribution >= 4 is 29.6 Å². The molecule has 1 aromatic rings. The van der Waals surface area contributed by atoms with E-state index in [1.807, 2.05) is 12.1 Å². The fraction of sp³-hybridized carbons (Fsp3) is 0.565. The van der Waals surface area contributed by atoms with Crippen LogP contribution in [-0.4, -0.2) is 142 Å². The molecule has 6 N–H and O–H groups in total. The monoisotopic (exact) mass is 686 g/mol. The second-order valence-corrected chi connectivity index (χ2v) is 8.93. The molecule has 14 heteroatoms. The van der Waals surface area contributed by atoms with E-state index in [1.54, 1.807) is 31.7 Å². The molecule has 0 aliphatic carbocycles. The number of aliphatic carboxylic acids is 4. The van der Waals surface area contributed by atoms with Crippen LogP contribution in [0.25, 0.3) is 0 Å². The Morgan fingerprint density at radius 1 is 0.676 bits per heavy atom. The van der Waals surface area contributed by atoms with Crippen LogP contribution in [0.15, 0.2) is 24.3 Å². The second-order valence-electron chi connectivity index (χ2n) is 8.93. The number of nitrogens with two attached hydrogens (primary N) is 1. The summed E-state index contributed by atoms with van der Waals surface area (Å²) in [6.07, 6.45) is 0.418. The quantitative estimate of drug-likeness (QED) is 0.184. The number of carboxylic acid groups (broad SMARTS) is 4. The maximum atomic E-state index is 11.7. The molecule has 1 radical (unpaired) electrons. The van der Waals surface area contributed by atoms with Gasteiger partial charge in [-0.15, -0.1) is 0 Å². The van der Waals surface area contributed by atoms with E-state index in [0.29, 0.717) is 12.1 Å². The van der Waals surface area contributed by atoms with Crippen LogP contribution in [0.2, 0.25) is 0 Å². The van der Waals surface area contributed by atoms with Crippen LogP contribution in [0.5, 0.6) is 0 Å². The van der Waals surface area contributed by atoms with Gasteiger partial charge in [0.1, 0.15) is 0 Å². The van der Waals surface area contributed by atoms with Crippen LogP contribution < -0.4 is 5.73 Å². The molecule has 2 rings (SSSR count). The van der Waals surface area contributed by atoms with E-state index in [0.717, 1.165) is 5.56 Å². The molecule has 37 heavy (non-hydrogen) atoms. The van der Waals surface area contributed by atoms with Crippen molar-refractivity contribution in [2.75, 3.05) is 77.7 Å². The van der Waals surface area contributed by atoms with Gasteiger partial charge in [0.05, 0.1) is 26.2 Å². The molecule has 1 heterocycles. The molecule has 13 nitrogen and oxygen atoms in total. The molecule has 1 atom stereocenters. The zero-order valence-electron chi connectivity index (χ0n) is 20.4. The number of nitrogen functional groups attached to an aromatic ring is 1. The standard InChI is InChI=1S/C23H35N5O8.Lu/c24-18-3-1-17(2-4-18)11-19-12-27(15-22(33)34)8-7-25(13-20(29)30)5-6-26(14-21(31)32)9-10-28(19)16-23(35)36;/h1-4,19H,5-16,24H2,(H,29,30)(H,31,32)(H,33,34)(H,35,36);/i;1+2. The Morgan fingerprint density at radius 3 is 1.54 bits per heavy atom. The number of benzene rings is 1. The van der Waals surface area contributed by atoms with E-state index in [2.05, 4.69) is 0 Å². The van der Waals surface area contributed by atoms with E-state index in [4.69, 9.17) is 5.73 Å². The van der Waals surface area contributed by atoms with Gasteiger partial charge in [0.15, 0.2) is 0 Å². The summed E-state index contributed by atoms with van der Waals surface area (Å²) in [6.45, 7) is 0.637. The van der Waals surface area contributed by atoms with E-state index in [9.17, 15) is 39.6 Å². The molecule has 1 aromatic carbocycles. The molecule has 1 fully saturated rings. The predicted molar refractivity (Wildman–Crippen MR) is 130 cm³/mol. The Labute approximate surface area is 244 Å². The Kier molecular flexibility index (Phi) is 14.9. The van der Waals surface area contributed by atoms with Crippen LogP contribution in [0, 0.1) is 36.9 Å². The number of carbonyl (C=O) groups is 4. The van der Waals surface area contributed by atoms with Crippen molar-refractivity contribution in [1.29, 1.82) is 0 Å². The minimum absolute atomic E-state index is 0. The number of hydrogen-bond acceptors (Lipinski definition) is 9. The van der Waals surface area contributed by atoms with Gasteiger partial charge in [0.2, 0.25) is 0 Å². The Hall–Kier alpha value is -2.03. The number of carboxylic acids is 4. The molecule has 215 valence electrons. The van der Waals surface area contributed by atoms with Gasteiger partial charge in [-0.25, -0.2) is 0 Å². The summed E-state index contributed by atoms with van der Waals surface area (Å²) < 4.78 is 0. The first-order valence-corrected chi connectivity index (χ1v) is 11.6. The molecular formula is C23H35LuN5O8. The van der Waals surface area contributed by atoms with Crippen molar-refractivity contribution in [3.63, 3.8) is 0 Å². The average Bonchev–Trinajstić information content (AvgIpc) is 2.76. The third-order valence-corrected chi connectivity index (χ3v) is 6.02. The van der Waals surface area contributed by atoms with Crippen LogP contribution in [0.1, 0.15) is 5.56 Å². The summed E-state index contributed by atoms with van der Waals surface area (Å²) in [4.78, 5) is 52.8. The van der Waals surface area contributed by atoms with Gasteiger partial charge in [0.25, 0.3) is 0 Å². The van der Waals surface area contributed by atoms with Gasteiger partial charge in [-0.2, -0.15) is 0 Å². The van der Waals surface area contributed by atoms with Crippen molar-refractivity contribution in [3.05, 3.63) is 29.8 Å². The molecule has 1 aliphatic rings. The number of hydrogen-bond donors (Lipinski definition) is 5. The Morgan fingerprint density at radius 2 is 1.08 bits per heavy atom. The van der Waals surface area contributed by atoms with Crippen LogP contribution in [0.4, 0.5) is 5.69 Å². The van der Waals surface area contributed by atoms with Crippen molar-refractivity contribution < 1.29 is 76.5 Å². The van der Waals surface area contributed by atoms with Crippen molar-refractivity contribution in [2.45, 2.75) is 12.5 Å². The smallest absolute Gasteiger partial charge is 0.317 e. The predicted octanol–water partition coefficient (Wildman–Crippen LogP) is -1.26. The minimum Gasteiger partial charge on any atom is -0.480 e. The minimum atomic E-state index is -1.05. The molecular weight excluding hydrogens is 651 g/mol. The zero-order chi connectivity index (χ0) is 26.7. The maximum Gasteiger partial charge on any atom is 0.317 e.